The summed E-state index contributed by atoms with van der Waals surface area (Å²) in [6.45, 7) is 1.16. The fourth-order valence-corrected chi connectivity index (χ4v) is 9.39. The first-order valence-corrected chi connectivity index (χ1v) is 17.9. The van der Waals surface area contributed by atoms with Crippen molar-refractivity contribution in [3.05, 3.63) is 53.1 Å². The molecule has 0 spiro atoms. The molecule has 0 unspecified atom stereocenters. The standard InChI is InChI=1S/C27H30ClN5O5S4/c28-23-7-5-21(40-23)22-6-8-26(41-22)42(37,38)31-20-4-2-13-32(27(20)36)16-25(35)33-14-1-3-18(33)15-30-24(34)17-39-19-9-11-29-12-10-19/h5-12,18,20,31H,1-4,13-17H2,(H,30,34)/t18-,20-/m0/s1. The van der Waals surface area contributed by atoms with Gasteiger partial charge < -0.3 is 15.1 Å². The molecule has 0 radical (unpaired) electrons. The van der Waals surface area contributed by atoms with E-state index in [1.807, 2.05) is 18.2 Å². The van der Waals surface area contributed by atoms with Crippen molar-refractivity contribution >= 4 is 73.8 Å². The van der Waals surface area contributed by atoms with Crippen molar-refractivity contribution in [1.82, 2.24) is 24.8 Å². The second kappa shape index (κ2) is 13.9. The fraction of sp³-hybridized carbons (Fsp3) is 0.407. The number of piperidine rings is 1. The minimum absolute atomic E-state index is 0.115. The van der Waals surface area contributed by atoms with Gasteiger partial charge in [-0.2, -0.15) is 4.72 Å². The second-order valence-electron chi connectivity index (χ2n) is 9.96. The molecule has 3 amide bonds. The zero-order valence-electron chi connectivity index (χ0n) is 22.5. The van der Waals surface area contributed by atoms with E-state index in [1.54, 1.807) is 29.4 Å². The van der Waals surface area contributed by atoms with Crippen LogP contribution in [-0.2, 0) is 24.4 Å². The third-order valence-electron chi connectivity index (χ3n) is 7.07. The first-order chi connectivity index (χ1) is 20.2. The molecule has 2 aliphatic heterocycles. The molecular weight excluding hydrogens is 638 g/mol. The Labute approximate surface area is 261 Å². The largest absolute Gasteiger partial charge is 0.353 e. The number of sulfonamides is 1. The molecule has 15 heteroatoms. The van der Waals surface area contributed by atoms with Crippen molar-refractivity contribution in [1.29, 1.82) is 0 Å². The van der Waals surface area contributed by atoms with Gasteiger partial charge in [0.05, 0.1) is 16.6 Å². The second-order valence-corrected chi connectivity index (χ2v) is 15.7. The predicted octanol–water partition coefficient (Wildman–Crippen LogP) is 3.69. The van der Waals surface area contributed by atoms with Crippen LogP contribution in [0.2, 0.25) is 4.34 Å². The third-order valence-corrected chi connectivity index (χ3v) is 12.6. The van der Waals surface area contributed by atoms with Crippen LogP contribution in [0, 0.1) is 0 Å². The van der Waals surface area contributed by atoms with Crippen molar-refractivity contribution in [3.8, 4) is 9.75 Å². The Morgan fingerprint density at radius 2 is 1.76 bits per heavy atom. The maximum Gasteiger partial charge on any atom is 0.250 e. The summed E-state index contributed by atoms with van der Waals surface area (Å²) in [6.07, 6.45) is 5.86. The molecule has 3 aromatic heterocycles. The molecule has 0 aliphatic carbocycles. The van der Waals surface area contributed by atoms with Crippen LogP contribution in [0.4, 0.5) is 0 Å². The van der Waals surface area contributed by atoms with Gasteiger partial charge in [-0.3, -0.25) is 19.4 Å². The van der Waals surface area contributed by atoms with E-state index in [0.29, 0.717) is 36.8 Å². The molecule has 2 N–H and O–H groups in total. The molecule has 2 fully saturated rings. The summed E-state index contributed by atoms with van der Waals surface area (Å²) in [5.74, 6) is -0.460. The zero-order chi connectivity index (χ0) is 29.7. The Morgan fingerprint density at radius 1 is 1.02 bits per heavy atom. The molecule has 3 aromatic rings. The highest BCUT2D eigenvalue weighted by Crippen LogP contribution is 2.37. The summed E-state index contributed by atoms with van der Waals surface area (Å²) >= 11 is 9.91. The van der Waals surface area contributed by atoms with E-state index in [0.717, 1.165) is 38.8 Å². The van der Waals surface area contributed by atoms with Gasteiger partial charge in [-0.1, -0.05) is 11.6 Å². The number of likely N-dealkylation sites (tertiary alicyclic amines) is 2. The Balaban J connectivity index is 1.13. The number of hydrogen-bond donors (Lipinski definition) is 2. The minimum atomic E-state index is -3.94. The number of carbonyl (C=O) groups is 3. The van der Waals surface area contributed by atoms with Crippen LogP contribution in [0.25, 0.3) is 9.75 Å². The number of amides is 3. The molecule has 5 rings (SSSR count). The maximum absolute atomic E-state index is 13.3. The van der Waals surface area contributed by atoms with E-state index >= 15 is 0 Å². The van der Waals surface area contributed by atoms with Crippen molar-refractivity contribution in [3.63, 3.8) is 0 Å². The molecule has 42 heavy (non-hydrogen) atoms. The number of thioether (sulfide) groups is 1. The molecule has 0 saturated carbocycles. The number of nitrogens with one attached hydrogen (secondary N) is 2. The van der Waals surface area contributed by atoms with Gasteiger partial charge in [0.25, 0.3) is 10.0 Å². The Kier molecular flexibility index (Phi) is 10.2. The quantitative estimate of drug-likeness (QED) is 0.299. The summed E-state index contributed by atoms with van der Waals surface area (Å²) in [5, 5.41) is 2.92. The van der Waals surface area contributed by atoms with Crippen molar-refractivity contribution < 1.29 is 22.8 Å². The van der Waals surface area contributed by atoms with Crippen molar-refractivity contribution in [2.75, 3.05) is 31.9 Å². The Morgan fingerprint density at radius 3 is 2.52 bits per heavy atom. The predicted molar refractivity (Wildman–Crippen MR) is 165 cm³/mol. The van der Waals surface area contributed by atoms with E-state index in [1.165, 1.54) is 34.1 Å². The monoisotopic (exact) mass is 667 g/mol. The van der Waals surface area contributed by atoms with E-state index < -0.39 is 22.0 Å². The van der Waals surface area contributed by atoms with Gasteiger partial charge in [0.1, 0.15) is 10.3 Å². The number of pyridine rings is 1. The zero-order valence-corrected chi connectivity index (χ0v) is 26.6. The molecule has 10 nitrogen and oxygen atoms in total. The number of nitrogens with zero attached hydrogens (tertiary/aromatic N) is 3. The molecular formula is C27H30ClN5O5S4. The molecule has 5 heterocycles. The van der Waals surface area contributed by atoms with Gasteiger partial charge in [0.15, 0.2) is 0 Å². The summed E-state index contributed by atoms with van der Waals surface area (Å²) in [6, 6.07) is 9.44. The van der Waals surface area contributed by atoms with Crippen LogP contribution >= 0.6 is 46.0 Å². The average Bonchev–Trinajstić information content (AvgIpc) is 3.74. The first kappa shape index (κ1) is 31.0. The van der Waals surface area contributed by atoms with E-state index in [9.17, 15) is 22.8 Å². The highest BCUT2D eigenvalue weighted by atomic mass is 35.5. The van der Waals surface area contributed by atoms with Gasteiger partial charge >= 0.3 is 0 Å². The van der Waals surface area contributed by atoms with Crippen LogP contribution in [0.3, 0.4) is 0 Å². The van der Waals surface area contributed by atoms with Crippen LogP contribution < -0.4 is 10.0 Å². The van der Waals surface area contributed by atoms with E-state index in [-0.39, 0.29) is 34.4 Å². The summed E-state index contributed by atoms with van der Waals surface area (Å²) < 4.78 is 29.5. The van der Waals surface area contributed by atoms with Gasteiger partial charge in [-0.25, -0.2) is 8.42 Å². The number of rotatable bonds is 11. The number of halogens is 1. The third kappa shape index (κ3) is 7.71. The lowest BCUT2D eigenvalue weighted by Crippen LogP contribution is -2.55. The fourth-order valence-electron chi connectivity index (χ4n) is 4.99. The lowest BCUT2D eigenvalue weighted by atomic mass is 10.1. The minimum Gasteiger partial charge on any atom is -0.353 e. The molecule has 0 aromatic carbocycles. The topological polar surface area (TPSA) is 129 Å². The van der Waals surface area contributed by atoms with Crippen molar-refractivity contribution in [2.45, 2.75) is 46.9 Å². The summed E-state index contributed by atoms with van der Waals surface area (Å²) in [4.78, 5) is 48.6. The van der Waals surface area contributed by atoms with Gasteiger partial charge in [-0.05, 0) is 62.1 Å². The highest BCUT2D eigenvalue weighted by Gasteiger charge is 2.36. The van der Waals surface area contributed by atoms with E-state index in [4.69, 9.17) is 11.6 Å². The molecule has 224 valence electrons. The van der Waals surface area contributed by atoms with Crippen LogP contribution in [-0.4, -0.2) is 84.9 Å². The lowest BCUT2D eigenvalue weighted by Gasteiger charge is -2.34. The lowest BCUT2D eigenvalue weighted by molar-refractivity contribution is -0.143. The Bertz CT molecular complexity index is 1530. The van der Waals surface area contributed by atoms with E-state index in [2.05, 4.69) is 15.0 Å². The normalized spacial score (nSPS) is 19.3. The number of carbonyl (C=O) groups excluding carboxylic acids is 3. The SMILES string of the molecule is O=C(CSc1ccncc1)NC[C@@H]1CCCN1C(=O)CN1CCC[C@H](NS(=O)(=O)c2ccc(-c3ccc(Cl)s3)s2)C1=O. The van der Waals surface area contributed by atoms with Crippen molar-refractivity contribution in [2.24, 2.45) is 0 Å². The van der Waals surface area contributed by atoms with Gasteiger partial charge in [0, 0.05) is 52.7 Å². The van der Waals surface area contributed by atoms with Gasteiger partial charge in [0.2, 0.25) is 17.7 Å². The summed E-state index contributed by atoms with van der Waals surface area (Å²) in [7, 11) is -3.94. The Hall–Kier alpha value is -2.49. The van der Waals surface area contributed by atoms with Crippen LogP contribution in [0.15, 0.2) is 57.9 Å². The number of thiophene rings is 2. The highest BCUT2D eigenvalue weighted by molar-refractivity contribution is 8.00. The maximum atomic E-state index is 13.3. The molecule has 2 atom stereocenters. The van der Waals surface area contributed by atoms with Crippen LogP contribution in [0.1, 0.15) is 25.7 Å². The summed E-state index contributed by atoms with van der Waals surface area (Å²) in [5.41, 5.74) is 0. The van der Waals surface area contributed by atoms with Gasteiger partial charge in [-0.15, -0.1) is 34.4 Å². The number of hydrogen-bond acceptors (Lipinski definition) is 9. The molecule has 2 saturated heterocycles. The molecule has 0 bridgehead atoms. The molecule has 2 aliphatic rings. The van der Waals surface area contributed by atoms with Crippen LogP contribution in [0.5, 0.6) is 0 Å². The smallest absolute Gasteiger partial charge is 0.250 e. The average molecular weight is 668 g/mol. The number of aromatic nitrogens is 1. The first-order valence-electron chi connectivity index (χ1n) is 13.5.